The van der Waals surface area contributed by atoms with E-state index in [1.165, 1.54) is 0 Å². The van der Waals surface area contributed by atoms with Crippen LogP contribution in [0.5, 0.6) is 0 Å². The van der Waals surface area contributed by atoms with Gasteiger partial charge in [-0.2, -0.15) is 0 Å². The van der Waals surface area contributed by atoms with Gasteiger partial charge in [0.15, 0.2) is 0 Å². The number of nitrogens with one attached hydrogen (secondary N) is 1. The van der Waals surface area contributed by atoms with E-state index >= 15 is 0 Å². The first kappa shape index (κ1) is 12.8. The molecule has 0 spiro atoms. The van der Waals surface area contributed by atoms with Gasteiger partial charge < -0.3 is 5.32 Å². The number of nitrogens with zero attached hydrogens (tertiary/aromatic N) is 1. The van der Waals surface area contributed by atoms with Crippen molar-refractivity contribution in [3.8, 4) is 0 Å². The Morgan fingerprint density at radius 3 is 2.89 bits per heavy atom. The molecule has 1 heterocycles. The van der Waals surface area contributed by atoms with E-state index in [1.54, 1.807) is 6.07 Å². The summed E-state index contributed by atoms with van der Waals surface area (Å²) in [5.74, 6) is 0.290. The number of carbonyl (C=O) groups is 1. The molecule has 4 heteroatoms. The summed E-state index contributed by atoms with van der Waals surface area (Å²) in [4.78, 5) is 16.6. The zero-order chi connectivity index (χ0) is 13.1. The minimum atomic E-state index is -0.107. The first-order chi connectivity index (χ1) is 8.61. The number of para-hydroxylation sites is 1. The van der Waals surface area contributed by atoms with Crippen LogP contribution in [0, 0.1) is 6.92 Å². The molecule has 1 N–H and O–H groups in total. The molecule has 18 heavy (non-hydrogen) atoms. The smallest absolute Gasteiger partial charge is 0.252 e. The summed E-state index contributed by atoms with van der Waals surface area (Å²) in [5.41, 5.74) is 2.31. The molecule has 1 unspecified atom stereocenters. The molecule has 1 aromatic carbocycles. The number of aryl methyl sites for hydroxylation is 1. The van der Waals surface area contributed by atoms with Crippen LogP contribution in [-0.2, 0) is 0 Å². The Balaban J connectivity index is 2.46. The van der Waals surface area contributed by atoms with E-state index in [-0.39, 0.29) is 11.9 Å². The summed E-state index contributed by atoms with van der Waals surface area (Å²) in [6, 6.07) is 9.38. The highest BCUT2D eigenvalue weighted by Crippen LogP contribution is 2.18. The summed E-state index contributed by atoms with van der Waals surface area (Å²) in [5, 5.41) is 3.73. The van der Waals surface area contributed by atoms with E-state index in [2.05, 4.69) is 10.3 Å². The van der Waals surface area contributed by atoms with E-state index in [4.69, 9.17) is 11.6 Å². The van der Waals surface area contributed by atoms with E-state index in [0.717, 1.165) is 16.6 Å². The zero-order valence-corrected chi connectivity index (χ0v) is 11.2. The van der Waals surface area contributed by atoms with Crippen molar-refractivity contribution >= 4 is 28.4 Å². The number of pyridine rings is 1. The van der Waals surface area contributed by atoms with Crippen molar-refractivity contribution in [2.45, 2.75) is 19.9 Å². The molecule has 0 fully saturated rings. The van der Waals surface area contributed by atoms with Gasteiger partial charge in [0.1, 0.15) is 0 Å². The maximum atomic E-state index is 12.2. The molecule has 0 saturated heterocycles. The van der Waals surface area contributed by atoms with Crippen LogP contribution >= 0.6 is 11.6 Å². The largest absolute Gasteiger partial charge is 0.348 e. The van der Waals surface area contributed by atoms with Crippen LogP contribution < -0.4 is 5.32 Å². The second-order valence-electron chi connectivity index (χ2n) is 4.36. The van der Waals surface area contributed by atoms with Crippen LogP contribution in [0.15, 0.2) is 30.3 Å². The van der Waals surface area contributed by atoms with Gasteiger partial charge in [-0.25, -0.2) is 0 Å². The predicted molar refractivity (Wildman–Crippen MR) is 74.1 cm³/mol. The van der Waals surface area contributed by atoms with Gasteiger partial charge in [0.05, 0.1) is 11.1 Å². The normalized spacial score (nSPS) is 12.4. The van der Waals surface area contributed by atoms with Crippen molar-refractivity contribution in [2.24, 2.45) is 0 Å². The molecule has 1 amide bonds. The number of benzene rings is 1. The minimum Gasteiger partial charge on any atom is -0.348 e. The number of hydrogen-bond donors (Lipinski definition) is 1. The average molecular weight is 263 g/mol. The first-order valence-corrected chi connectivity index (χ1v) is 6.38. The molecule has 2 rings (SSSR count). The molecule has 0 aliphatic carbocycles. The highest BCUT2D eigenvalue weighted by molar-refractivity contribution is 6.18. The summed E-state index contributed by atoms with van der Waals surface area (Å²) in [6.07, 6.45) is 0. The fourth-order valence-electron chi connectivity index (χ4n) is 1.84. The number of rotatable bonds is 3. The molecular weight excluding hydrogens is 248 g/mol. The van der Waals surface area contributed by atoms with Crippen LogP contribution in [0.4, 0.5) is 0 Å². The lowest BCUT2D eigenvalue weighted by atomic mass is 10.1. The number of carbonyl (C=O) groups excluding carboxylic acids is 1. The third-order valence-corrected chi connectivity index (χ3v) is 3.16. The fraction of sp³-hybridized carbons (Fsp3) is 0.286. The van der Waals surface area contributed by atoms with E-state index in [0.29, 0.717) is 11.4 Å². The van der Waals surface area contributed by atoms with Gasteiger partial charge in [-0.05, 0) is 26.0 Å². The maximum Gasteiger partial charge on any atom is 0.252 e. The van der Waals surface area contributed by atoms with Gasteiger partial charge in [0.2, 0.25) is 0 Å². The summed E-state index contributed by atoms with van der Waals surface area (Å²) in [6.45, 7) is 3.76. The Bertz CT molecular complexity index is 583. The SMILES string of the molecule is Cc1cc(C(=O)NC(C)CCl)c2ccccc2n1. The van der Waals surface area contributed by atoms with Crippen molar-refractivity contribution in [3.05, 3.63) is 41.6 Å². The number of hydrogen-bond acceptors (Lipinski definition) is 2. The highest BCUT2D eigenvalue weighted by atomic mass is 35.5. The van der Waals surface area contributed by atoms with Crippen LogP contribution in [0.2, 0.25) is 0 Å². The zero-order valence-electron chi connectivity index (χ0n) is 10.4. The van der Waals surface area contributed by atoms with Crippen molar-refractivity contribution in [1.82, 2.24) is 10.3 Å². The number of halogens is 1. The van der Waals surface area contributed by atoms with E-state index in [1.807, 2.05) is 38.1 Å². The standard InChI is InChI=1S/C14H15ClN2O/c1-9-7-12(14(18)17-10(2)8-15)11-5-3-4-6-13(11)16-9/h3-7,10H,8H2,1-2H3,(H,17,18). The van der Waals surface area contributed by atoms with Crippen molar-refractivity contribution < 1.29 is 4.79 Å². The van der Waals surface area contributed by atoms with Crippen LogP contribution in [-0.4, -0.2) is 22.8 Å². The molecule has 3 nitrogen and oxygen atoms in total. The lowest BCUT2D eigenvalue weighted by Crippen LogP contribution is -2.33. The molecule has 0 aliphatic rings. The third-order valence-electron chi connectivity index (χ3n) is 2.70. The predicted octanol–water partition coefficient (Wildman–Crippen LogP) is 2.90. The number of fused-ring (bicyclic) bond motifs is 1. The first-order valence-electron chi connectivity index (χ1n) is 5.85. The van der Waals surface area contributed by atoms with Gasteiger partial charge in [0.25, 0.3) is 5.91 Å². The van der Waals surface area contributed by atoms with Crippen LogP contribution in [0.25, 0.3) is 10.9 Å². The monoisotopic (exact) mass is 262 g/mol. The number of alkyl halides is 1. The average Bonchev–Trinajstić information content (AvgIpc) is 2.37. The molecular formula is C14H15ClN2O. The highest BCUT2D eigenvalue weighted by Gasteiger charge is 2.13. The van der Waals surface area contributed by atoms with Gasteiger partial charge in [-0.1, -0.05) is 18.2 Å². The molecule has 0 saturated carbocycles. The summed E-state index contributed by atoms with van der Waals surface area (Å²) < 4.78 is 0. The van der Waals surface area contributed by atoms with E-state index < -0.39 is 0 Å². The van der Waals surface area contributed by atoms with Crippen LogP contribution in [0.1, 0.15) is 23.0 Å². The Morgan fingerprint density at radius 2 is 2.17 bits per heavy atom. The fourth-order valence-corrected chi connectivity index (χ4v) is 1.91. The lowest BCUT2D eigenvalue weighted by molar-refractivity contribution is 0.0945. The van der Waals surface area contributed by atoms with Crippen molar-refractivity contribution in [1.29, 1.82) is 0 Å². The van der Waals surface area contributed by atoms with Crippen molar-refractivity contribution in [2.75, 3.05) is 5.88 Å². The van der Waals surface area contributed by atoms with E-state index in [9.17, 15) is 4.79 Å². The topological polar surface area (TPSA) is 42.0 Å². The van der Waals surface area contributed by atoms with Gasteiger partial charge in [-0.3, -0.25) is 9.78 Å². The quantitative estimate of drug-likeness (QED) is 0.865. The van der Waals surface area contributed by atoms with Gasteiger partial charge in [-0.15, -0.1) is 11.6 Å². The van der Waals surface area contributed by atoms with Crippen LogP contribution in [0.3, 0.4) is 0 Å². The van der Waals surface area contributed by atoms with Gasteiger partial charge in [0, 0.05) is 23.0 Å². The molecule has 0 radical (unpaired) electrons. The number of amides is 1. The summed E-state index contributed by atoms with van der Waals surface area (Å²) >= 11 is 5.71. The molecule has 0 aliphatic heterocycles. The molecule has 2 aromatic rings. The maximum absolute atomic E-state index is 12.2. The Labute approximate surface area is 111 Å². The molecule has 0 bridgehead atoms. The van der Waals surface area contributed by atoms with Crippen molar-refractivity contribution in [3.63, 3.8) is 0 Å². The van der Waals surface area contributed by atoms with Gasteiger partial charge >= 0.3 is 0 Å². The number of aromatic nitrogens is 1. The second kappa shape index (κ2) is 5.36. The molecule has 1 atom stereocenters. The Morgan fingerprint density at radius 1 is 1.44 bits per heavy atom. The Kier molecular flexibility index (Phi) is 3.82. The molecule has 1 aromatic heterocycles. The third kappa shape index (κ3) is 2.62. The second-order valence-corrected chi connectivity index (χ2v) is 4.67. The Hall–Kier alpha value is -1.61. The molecule has 94 valence electrons. The minimum absolute atomic E-state index is 0.0496. The lowest BCUT2D eigenvalue weighted by Gasteiger charge is -2.12. The summed E-state index contributed by atoms with van der Waals surface area (Å²) in [7, 11) is 0.